The first kappa shape index (κ1) is 17.0. The number of fused-ring (bicyclic) bond motifs is 1. The molecule has 130 valence electrons. The Morgan fingerprint density at radius 2 is 2.12 bits per heavy atom. The van der Waals surface area contributed by atoms with Crippen LogP contribution < -0.4 is 15.4 Å². The number of aromatic nitrogens is 1. The molecule has 1 aliphatic rings. The highest BCUT2D eigenvalue weighted by Crippen LogP contribution is 2.26. The Hall–Kier alpha value is -2.89. The summed E-state index contributed by atoms with van der Waals surface area (Å²) in [4.78, 5) is 28.5. The van der Waals surface area contributed by atoms with Crippen molar-refractivity contribution in [3.05, 3.63) is 47.2 Å². The molecule has 2 heterocycles. The highest BCUT2D eigenvalue weighted by Gasteiger charge is 2.17. The van der Waals surface area contributed by atoms with Gasteiger partial charge in [0.15, 0.2) is 0 Å². The Bertz CT molecular complexity index is 818. The minimum atomic E-state index is -0.270. The van der Waals surface area contributed by atoms with Crippen LogP contribution in [-0.4, -0.2) is 23.4 Å². The predicted molar refractivity (Wildman–Crippen MR) is 96.1 cm³/mol. The fraction of sp³-hybridized carbons (Fsp3) is 0.316. The van der Waals surface area contributed by atoms with Gasteiger partial charge in [-0.1, -0.05) is 0 Å². The van der Waals surface area contributed by atoms with Crippen molar-refractivity contribution in [1.29, 1.82) is 0 Å². The molecule has 2 aromatic rings. The maximum absolute atomic E-state index is 12.6. The predicted octanol–water partition coefficient (Wildman–Crippen LogP) is 3.32. The van der Waals surface area contributed by atoms with E-state index in [2.05, 4.69) is 15.6 Å². The van der Waals surface area contributed by atoms with Gasteiger partial charge in [0.2, 0.25) is 11.8 Å². The number of nitrogens with zero attached hydrogens (tertiary/aromatic N) is 1. The monoisotopic (exact) mass is 339 g/mol. The molecule has 0 atom stereocenters. The molecular formula is C19H21N3O3. The quantitative estimate of drug-likeness (QED) is 0.895. The zero-order valence-electron chi connectivity index (χ0n) is 14.4. The number of carbonyl (C=O) groups is 2. The third-order valence-corrected chi connectivity index (χ3v) is 4.01. The summed E-state index contributed by atoms with van der Waals surface area (Å²) in [5.74, 6) is 0.0956. The van der Waals surface area contributed by atoms with Gasteiger partial charge in [0.05, 0.1) is 6.61 Å². The fourth-order valence-corrected chi connectivity index (χ4v) is 2.80. The molecule has 0 fully saturated rings. The summed E-state index contributed by atoms with van der Waals surface area (Å²) in [7, 11) is 0. The van der Waals surface area contributed by atoms with E-state index in [0.29, 0.717) is 30.2 Å². The number of hydrogen-bond donors (Lipinski definition) is 2. The number of hydrogen-bond acceptors (Lipinski definition) is 4. The number of benzene rings is 1. The average molecular weight is 339 g/mol. The van der Waals surface area contributed by atoms with Gasteiger partial charge in [-0.3, -0.25) is 9.59 Å². The average Bonchev–Trinajstić information content (AvgIpc) is 2.75. The highest BCUT2D eigenvalue weighted by molar-refractivity contribution is 6.06. The van der Waals surface area contributed by atoms with Crippen molar-refractivity contribution in [3.63, 3.8) is 0 Å². The van der Waals surface area contributed by atoms with Crippen LogP contribution in [0.5, 0.6) is 5.88 Å². The summed E-state index contributed by atoms with van der Waals surface area (Å²) < 4.78 is 5.48. The van der Waals surface area contributed by atoms with E-state index < -0.39 is 0 Å². The van der Waals surface area contributed by atoms with Crippen LogP contribution in [-0.2, 0) is 11.2 Å². The lowest BCUT2D eigenvalue weighted by molar-refractivity contribution is -0.116. The topological polar surface area (TPSA) is 80.3 Å². The minimum absolute atomic E-state index is 0.0302. The number of rotatable bonds is 4. The van der Waals surface area contributed by atoms with Crippen molar-refractivity contribution >= 4 is 23.2 Å². The van der Waals surface area contributed by atoms with Gasteiger partial charge in [0.1, 0.15) is 5.56 Å². The molecule has 6 heteroatoms. The summed E-state index contributed by atoms with van der Waals surface area (Å²) >= 11 is 0. The van der Waals surface area contributed by atoms with E-state index in [1.54, 1.807) is 18.2 Å². The maximum Gasteiger partial charge on any atom is 0.261 e. The summed E-state index contributed by atoms with van der Waals surface area (Å²) in [6.45, 7) is 4.15. The second kappa shape index (κ2) is 7.34. The fourth-order valence-electron chi connectivity index (χ4n) is 2.80. The van der Waals surface area contributed by atoms with Crippen LogP contribution in [0.2, 0.25) is 0 Å². The number of carbonyl (C=O) groups excluding carboxylic acids is 2. The summed E-state index contributed by atoms with van der Waals surface area (Å²) in [5.41, 5.74) is 3.71. The van der Waals surface area contributed by atoms with Crippen LogP contribution in [0.3, 0.4) is 0 Å². The van der Waals surface area contributed by atoms with Gasteiger partial charge in [-0.25, -0.2) is 4.98 Å². The van der Waals surface area contributed by atoms with E-state index in [1.807, 2.05) is 26.0 Å². The molecular weight excluding hydrogens is 318 g/mol. The molecule has 0 saturated heterocycles. The molecule has 25 heavy (non-hydrogen) atoms. The van der Waals surface area contributed by atoms with E-state index in [4.69, 9.17) is 4.74 Å². The zero-order chi connectivity index (χ0) is 17.8. The van der Waals surface area contributed by atoms with Crippen molar-refractivity contribution in [2.75, 3.05) is 17.2 Å². The third-order valence-electron chi connectivity index (χ3n) is 4.01. The molecule has 0 saturated carbocycles. The summed E-state index contributed by atoms with van der Waals surface area (Å²) in [6.07, 6.45) is 2.11. The van der Waals surface area contributed by atoms with Crippen LogP contribution >= 0.6 is 0 Å². The lowest BCUT2D eigenvalue weighted by atomic mass is 10.1. The summed E-state index contributed by atoms with van der Waals surface area (Å²) in [6, 6.07) is 9.01. The molecule has 0 aliphatic carbocycles. The standard InChI is InChI=1S/C19H21N3O3/c1-3-25-19-15(9-7-12(2)20-19)18(24)21-14-8-10-16-13(11-14)5-4-6-17(23)22-16/h7-11H,3-6H2,1-2H3,(H,21,24)(H,22,23). The van der Waals surface area contributed by atoms with Crippen molar-refractivity contribution in [1.82, 2.24) is 4.98 Å². The van der Waals surface area contributed by atoms with Crippen molar-refractivity contribution in [3.8, 4) is 5.88 Å². The minimum Gasteiger partial charge on any atom is -0.477 e. The van der Waals surface area contributed by atoms with Gasteiger partial charge in [-0.2, -0.15) is 0 Å². The van der Waals surface area contributed by atoms with Gasteiger partial charge in [-0.15, -0.1) is 0 Å². The molecule has 0 unspecified atom stereocenters. The lowest BCUT2D eigenvalue weighted by Gasteiger charge is -2.12. The molecule has 1 aromatic carbocycles. The SMILES string of the molecule is CCOc1nc(C)ccc1C(=O)Nc1ccc2c(c1)CCCC(=O)N2. The van der Waals surface area contributed by atoms with E-state index in [0.717, 1.165) is 29.8 Å². The maximum atomic E-state index is 12.6. The van der Waals surface area contributed by atoms with Crippen LogP contribution in [0.4, 0.5) is 11.4 Å². The Morgan fingerprint density at radius 1 is 1.28 bits per heavy atom. The van der Waals surface area contributed by atoms with Crippen LogP contribution in [0.15, 0.2) is 30.3 Å². The van der Waals surface area contributed by atoms with Gasteiger partial charge in [0, 0.05) is 23.5 Å². The zero-order valence-corrected chi connectivity index (χ0v) is 14.4. The summed E-state index contributed by atoms with van der Waals surface area (Å²) in [5, 5.41) is 5.77. The van der Waals surface area contributed by atoms with Crippen LogP contribution in [0.25, 0.3) is 0 Å². The van der Waals surface area contributed by atoms with E-state index in [-0.39, 0.29) is 11.8 Å². The second-order valence-electron chi connectivity index (χ2n) is 5.97. The molecule has 2 N–H and O–H groups in total. The molecule has 0 bridgehead atoms. The number of ether oxygens (including phenoxy) is 1. The van der Waals surface area contributed by atoms with Crippen LogP contribution in [0, 0.1) is 6.92 Å². The second-order valence-corrected chi connectivity index (χ2v) is 5.97. The molecule has 1 aliphatic heterocycles. The molecule has 6 nitrogen and oxygen atoms in total. The molecule has 3 rings (SSSR count). The van der Waals surface area contributed by atoms with E-state index >= 15 is 0 Å². The number of nitrogens with one attached hydrogen (secondary N) is 2. The first-order chi connectivity index (χ1) is 12.1. The first-order valence-corrected chi connectivity index (χ1v) is 8.41. The molecule has 0 spiro atoms. The Labute approximate surface area is 146 Å². The number of amides is 2. The number of anilines is 2. The molecule has 0 radical (unpaired) electrons. The Kier molecular flexibility index (Phi) is 4.97. The molecule has 2 amide bonds. The van der Waals surface area contributed by atoms with Gasteiger partial charge < -0.3 is 15.4 Å². The third kappa shape index (κ3) is 3.96. The largest absolute Gasteiger partial charge is 0.477 e. The van der Waals surface area contributed by atoms with Gasteiger partial charge >= 0.3 is 0 Å². The van der Waals surface area contributed by atoms with Crippen molar-refractivity contribution in [2.45, 2.75) is 33.1 Å². The Morgan fingerprint density at radius 3 is 2.92 bits per heavy atom. The molecule has 1 aromatic heterocycles. The van der Waals surface area contributed by atoms with E-state index in [1.165, 1.54) is 0 Å². The normalized spacial score (nSPS) is 13.4. The number of aryl methyl sites for hydroxylation is 2. The van der Waals surface area contributed by atoms with Crippen molar-refractivity contribution < 1.29 is 14.3 Å². The smallest absolute Gasteiger partial charge is 0.261 e. The number of pyridine rings is 1. The Balaban J connectivity index is 1.82. The van der Waals surface area contributed by atoms with Gasteiger partial charge in [-0.05, 0) is 62.6 Å². The lowest BCUT2D eigenvalue weighted by Crippen LogP contribution is -2.15. The first-order valence-electron chi connectivity index (χ1n) is 8.41. The van der Waals surface area contributed by atoms with Gasteiger partial charge in [0.25, 0.3) is 5.91 Å². The highest BCUT2D eigenvalue weighted by atomic mass is 16.5. The van der Waals surface area contributed by atoms with E-state index in [9.17, 15) is 9.59 Å². The van der Waals surface area contributed by atoms with Crippen LogP contribution in [0.1, 0.15) is 41.4 Å². The van der Waals surface area contributed by atoms with Crippen molar-refractivity contribution in [2.24, 2.45) is 0 Å².